The number of halogens is 1. The van der Waals surface area contributed by atoms with Gasteiger partial charge in [0.05, 0.1) is 0 Å². The summed E-state index contributed by atoms with van der Waals surface area (Å²) in [6.07, 6.45) is 0. The van der Waals surface area contributed by atoms with Crippen LogP contribution in [0.25, 0.3) is 0 Å². The van der Waals surface area contributed by atoms with Crippen LogP contribution < -0.4 is 0 Å². The Bertz CT molecular complexity index is 273. The standard InChI is InChI=1S/C9H11FO2/c1-6(5-11)8-4-7(12)2-3-9(8)10/h2-4,6,11-12H,5H2,1H3. The number of phenolic OH excluding ortho intramolecular Hbond substituents is 1. The van der Waals surface area contributed by atoms with Crippen LogP contribution in [-0.2, 0) is 0 Å². The van der Waals surface area contributed by atoms with Gasteiger partial charge in [0.1, 0.15) is 11.6 Å². The molecule has 0 amide bonds. The molecule has 0 spiro atoms. The van der Waals surface area contributed by atoms with E-state index in [1.54, 1.807) is 6.92 Å². The maximum atomic E-state index is 13.0. The van der Waals surface area contributed by atoms with Crippen LogP contribution in [0, 0.1) is 5.82 Å². The monoisotopic (exact) mass is 170 g/mol. The van der Waals surface area contributed by atoms with Crippen LogP contribution >= 0.6 is 0 Å². The highest BCUT2D eigenvalue weighted by Crippen LogP contribution is 2.22. The molecule has 0 radical (unpaired) electrons. The summed E-state index contributed by atoms with van der Waals surface area (Å²) in [6.45, 7) is 1.57. The highest BCUT2D eigenvalue weighted by atomic mass is 19.1. The molecular weight excluding hydrogens is 159 g/mol. The molecule has 1 aromatic carbocycles. The summed E-state index contributed by atoms with van der Waals surface area (Å²) in [7, 11) is 0. The quantitative estimate of drug-likeness (QED) is 0.708. The number of hydrogen-bond donors (Lipinski definition) is 2. The molecule has 0 saturated carbocycles. The summed E-state index contributed by atoms with van der Waals surface area (Å²) >= 11 is 0. The molecule has 0 aromatic heterocycles. The van der Waals surface area contributed by atoms with E-state index in [4.69, 9.17) is 10.2 Å². The van der Waals surface area contributed by atoms with E-state index in [2.05, 4.69) is 0 Å². The number of rotatable bonds is 2. The first-order valence-electron chi connectivity index (χ1n) is 3.74. The first-order chi connectivity index (χ1) is 5.65. The molecule has 1 rings (SSSR count). The molecule has 0 bridgehead atoms. The average molecular weight is 170 g/mol. The molecular formula is C9H11FO2. The molecule has 1 unspecified atom stereocenters. The van der Waals surface area contributed by atoms with Gasteiger partial charge >= 0.3 is 0 Å². The Morgan fingerprint density at radius 2 is 2.17 bits per heavy atom. The lowest BCUT2D eigenvalue weighted by Crippen LogP contribution is -2.01. The third-order valence-corrected chi connectivity index (χ3v) is 1.78. The minimum Gasteiger partial charge on any atom is -0.508 e. The molecule has 2 N–H and O–H groups in total. The second-order valence-electron chi connectivity index (χ2n) is 2.79. The van der Waals surface area contributed by atoms with E-state index in [-0.39, 0.29) is 18.3 Å². The first kappa shape index (κ1) is 9.00. The van der Waals surface area contributed by atoms with Gasteiger partial charge in [-0.05, 0) is 23.8 Å². The largest absolute Gasteiger partial charge is 0.508 e. The second kappa shape index (κ2) is 3.54. The Balaban J connectivity index is 3.04. The van der Waals surface area contributed by atoms with Crippen LogP contribution in [-0.4, -0.2) is 16.8 Å². The highest BCUT2D eigenvalue weighted by Gasteiger charge is 2.09. The summed E-state index contributed by atoms with van der Waals surface area (Å²) in [5.41, 5.74) is 0.345. The number of aromatic hydroxyl groups is 1. The first-order valence-corrected chi connectivity index (χ1v) is 3.74. The molecule has 1 aromatic rings. The Morgan fingerprint density at radius 1 is 1.50 bits per heavy atom. The van der Waals surface area contributed by atoms with Crippen molar-refractivity contribution in [1.82, 2.24) is 0 Å². The SMILES string of the molecule is CC(CO)c1cc(O)ccc1F. The van der Waals surface area contributed by atoms with Gasteiger partial charge < -0.3 is 10.2 Å². The Hall–Kier alpha value is -1.09. The topological polar surface area (TPSA) is 40.5 Å². The molecule has 2 nitrogen and oxygen atoms in total. The third kappa shape index (κ3) is 1.74. The average Bonchev–Trinajstić information content (AvgIpc) is 2.08. The maximum absolute atomic E-state index is 13.0. The fourth-order valence-corrected chi connectivity index (χ4v) is 1.01. The summed E-state index contributed by atoms with van der Waals surface area (Å²) in [4.78, 5) is 0. The smallest absolute Gasteiger partial charge is 0.127 e. The van der Waals surface area contributed by atoms with E-state index >= 15 is 0 Å². The van der Waals surface area contributed by atoms with Crippen LogP contribution in [0.1, 0.15) is 18.4 Å². The number of aliphatic hydroxyl groups excluding tert-OH is 1. The van der Waals surface area contributed by atoms with Crippen molar-refractivity contribution < 1.29 is 14.6 Å². The lowest BCUT2D eigenvalue weighted by atomic mass is 10.0. The number of benzene rings is 1. The van der Waals surface area contributed by atoms with Gasteiger partial charge in [0.2, 0.25) is 0 Å². The second-order valence-corrected chi connectivity index (χ2v) is 2.79. The van der Waals surface area contributed by atoms with Crippen molar-refractivity contribution >= 4 is 0 Å². The summed E-state index contributed by atoms with van der Waals surface area (Å²) < 4.78 is 13.0. The van der Waals surface area contributed by atoms with E-state index in [0.29, 0.717) is 5.56 Å². The van der Waals surface area contributed by atoms with Gasteiger partial charge in [-0.3, -0.25) is 0 Å². The number of hydrogen-bond acceptors (Lipinski definition) is 2. The van der Waals surface area contributed by atoms with Crippen LogP contribution in [0.4, 0.5) is 4.39 Å². The van der Waals surface area contributed by atoms with Crippen LogP contribution in [0.15, 0.2) is 18.2 Å². The molecule has 0 saturated heterocycles. The number of phenols is 1. The van der Waals surface area contributed by atoms with Crippen molar-refractivity contribution in [2.45, 2.75) is 12.8 Å². The molecule has 0 aliphatic heterocycles. The summed E-state index contributed by atoms with van der Waals surface area (Å²) in [5, 5.41) is 17.8. The zero-order valence-corrected chi connectivity index (χ0v) is 6.79. The third-order valence-electron chi connectivity index (χ3n) is 1.78. The molecule has 0 heterocycles. The van der Waals surface area contributed by atoms with Crippen molar-refractivity contribution in [3.63, 3.8) is 0 Å². The molecule has 12 heavy (non-hydrogen) atoms. The molecule has 1 atom stereocenters. The maximum Gasteiger partial charge on any atom is 0.127 e. The zero-order chi connectivity index (χ0) is 9.14. The van der Waals surface area contributed by atoms with Gasteiger partial charge in [-0.25, -0.2) is 4.39 Å². The van der Waals surface area contributed by atoms with Crippen LogP contribution in [0.3, 0.4) is 0 Å². The Labute approximate surface area is 70.3 Å². The van der Waals surface area contributed by atoms with Gasteiger partial charge in [0, 0.05) is 12.5 Å². The normalized spacial score (nSPS) is 12.9. The van der Waals surface area contributed by atoms with Crippen molar-refractivity contribution in [1.29, 1.82) is 0 Å². The fourth-order valence-electron chi connectivity index (χ4n) is 1.01. The highest BCUT2D eigenvalue weighted by molar-refractivity contribution is 5.30. The Kier molecular flexibility index (Phi) is 2.65. The van der Waals surface area contributed by atoms with Gasteiger partial charge in [0.25, 0.3) is 0 Å². The van der Waals surface area contributed by atoms with Gasteiger partial charge in [-0.2, -0.15) is 0 Å². The molecule has 0 aliphatic rings. The minimum atomic E-state index is -0.394. The van der Waals surface area contributed by atoms with E-state index in [1.165, 1.54) is 18.2 Å². The Morgan fingerprint density at radius 3 is 2.75 bits per heavy atom. The van der Waals surface area contributed by atoms with Crippen LogP contribution in [0.5, 0.6) is 5.75 Å². The van der Waals surface area contributed by atoms with E-state index in [0.717, 1.165) is 0 Å². The number of aliphatic hydroxyl groups is 1. The van der Waals surface area contributed by atoms with Crippen LogP contribution in [0.2, 0.25) is 0 Å². The van der Waals surface area contributed by atoms with E-state index in [1.807, 2.05) is 0 Å². The van der Waals surface area contributed by atoms with Crippen molar-refractivity contribution in [3.8, 4) is 5.75 Å². The molecule has 0 fully saturated rings. The fraction of sp³-hybridized carbons (Fsp3) is 0.333. The molecule has 66 valence electrons. The summed E-state index contributed by atoms with van der Waals surface area (Å²) in [6, 6.07) is 3.80. The minimum absolute atomic E-state index is 0.0201. The van der Waals surface area contributed by atoms with E-state index in [9.17, 15) is 4.39 Å². The lowest BCUT2D eigenvalue weighted by molar-refractivity contribution is 0.270. The van der Waals surface area contributed by atoms with E-state index < -0.39 is 5.82 Å². The van der Waals surface area contributed by atoms with Gasteiger partial charge in [-0.1, -0.05) is 6.92 Å². The van der Waals surface area contributed by atoms with Crippen molar-refractivity contribution in [2.24, 2.45) is 0 Å². The van der Waals surface area contributed by atoms with Crippen molar-refractivity contribution in [2.75, 3.05) is 6.61 Å². The summed E-state index contributed by atoms with van der Waals surface area (Å²) in [5.74, 6) is -0.654. The molecule has 3 heteroatoms. The van der Waals surface area contributed by atoms with Crippen molar-refractivity contribution in [3.05, 3.63) is 29.6 Å². The lowest BCUT2D eigenvalue weighted by Gasteiger charge is -2.09. The van der Waals surface area contributed by atoms with Gasteiger partial charge in [-0.15, -0.1) is 0 Å². The predicted octanol–water partition coefficient (Wildman–Crippen LogP) is 1.63. The zero-order valence-electron chi connectivity index (χ0n) is 6.79. The van der Waals surface area contributed by atoms with Gasteiger partial charge in [0.15, 0.2) is 0 Å². The molecule has 0 aliphatic carbocycles. The predicted molar refractivity (Wildman–Crippen MR) is 43.6 cm³/mol.